The van der Waals surface area contributed by atoms with Gasteiger partial charge in [-0.15, -0.1) is 0 Å². The van der Waals surface area contributed by atoms with Gasteiger partial charge in [-0.25, -0.2) is 0 Å². The number of hydrogen-bond acceptors (Lipinski definition) is 7. The number of allylic oxidation sites excluding steroid dienone is 2. The van der Waals surface area contributed by atoms with Crippen LogP contribution in [0.15, 0.2) is 71.5 Å². The van der Waals surface area contributed by atoms with Gasteiger partial charge in [0.2, 0.25) is 11.8 Å². The van der Waals surface area contributed by atoms with Gasteiger partial charge in [0.05, 0.1) is 22.0 Å². The molecule has 2 aromatic rings. The Morgan fingerprint density at radius 1 is 1.16 bits per heavy atom. The van der Waals surface area contributed by atoms with Gasteiger partial charge in [-0.2, -0.15) is 0 Å². The van der Waals surface area contributed by atoms with Crippen LogP contribution in [0.5, 0.6) is 5.75 Å². The SMILES string of the molecule is CCN1C(=CC=C2SC(=S)N(c3ccc(NNC(C)=O)cc3)C2=O)Oc2ccccc21. The van der Waals surface area contributed by atoms with E-state index in [2.05, 4.69) is 10.9 Å². The molecule has 0 unspecified atom stereocenters. The third-order valence-corrected chi connectivity index (χ3v) is 5.95. The molecule has 1 saturated heterocycles. The van der Waals surface area contributed by atoms with Crippen molar-refractivity contribution in [3.05, 3.63) is 71.5 Å². The molecule has 0 atom stereocenters. The maximum Gasteiger partial charge on any atom is 0.270 e. The monoisotopic (exact) mass is 452 g/mol. The van der Waals surface area contributed by atoms with Crippen molar-refractivity contribution in [2.75, 3.05) is 21.8 Å². The molecule has 0 spiro atoms. The Hall–Kier alpha value is -3.30. The summed E-state index contributed by atoms with van der Waals surface area (Å²) in [6, 6.07) is 14.9. The minimum Gasteiger partial charge on any atom is -0.439 e. The normalized spacial score (nSPS) is 17.9. The predicted molar refractivity (Wildman–Crippen MR) is 128 cm³/mol. The highest BCUT2D eigenvalue weighted by Gasteiger charge is 2.33. The fourth-order valence-electron chi connectivity index (χ4n) is 3.21. The molecule has 0 radical (unpaired) electrons. The van der Waals surface area contributed by atoms with Gasteiger partial charge in [0.15, 0.2) is 10.1 Å². The lowest BCUT2D eigenvalue weighted by Gasteiger charge is -2.15. The lowest BCUT2D eigenvalue weighted by molar-refractivity contribution is -0.118. The van der Waals surface area contributed by atoms with E-state index in [-0.39, 0.29) is 11.8 Å². The average Bonchev–Trinajstić information content (AvgIpc) is 3.27. The maximum atomic E-state index is 13.0. The molecule has 2 aromatic carbocycles. The summed E-state index contributed by atoms with van der Waals surface area (Å²) < 4.78 is 6.39. The predicted octanol–water partition coefficient (Wildman–Crippen LogP) is 4.16. The molecule has 0 saturated carbocycles. The van der Waals surface area contributed by atoms with Crippen LogP contribution >= 0.6 is 24.0 Å². The molecule has 0 aliphatic carbocycles. The van der Waals surface area contributed by atoms with Crippen LogP contribution in [0.3, 0.4) is 0 Å². The maximum absolute atomic E-state index is 13.0. The topological polar surface area (TPSA) is 73.9 Å². The van der Waals surface area contributed by atoms with Crippen molar-refractivity contribution in [2.24, 2.45) is 0 Å². The number of para-hydroxylation sites is 2. The van der Waals surface area contributed by atoms with Gasteiger partial charge in [0, 0.05) is 19.5 Å². The van der Waals surface area contributed by atoms with Gasteiger partial charge < -0.3 is 9.64 Å². The number of nitrogens with one attached hydrogen (secondary N) is 2. The highest BCUT2D eigenvalue weighted by atomic mass is 32.2. The standard InChI is InChI=1S/C22H20N4O3S2/c1-3-25-17-6-4-5-7-18(17)29-20(25)13-12-19-21(28)26(22(30)31-19)16-10-8-15(9-11-16)24-23-14(2)27/h4-13,24H,3H2,1-2H3,(H,23,27). The first-order chi connectivity index (χ1) is 15.0. The van der Waals surface area contributed by atoms with E-state index in [4.69, 9.17) is 17.0 Å². The Bertz CT molecular complexity index is 1110. The molecule has 2 heterocycles. The Morgan fingerprint density at radius 3 is 2.61 bits per heavy atom. The van der Waals surface area contributed by atoms with E-state index in [1.54, 1.807) is 36.4 Å². The van der Waals surface area contributed by atoms with Gasteiger partial charge in [0.1, 0.15) is 0 Å². The van der Waals surface area contributed by atoms with Crippen LogP contribution in [0.4, 0.5) is 17.1 Å². The van der Waals surface area contributed by atoms with E-state index in [9.17, 15) is 9.59 Å². The highest BCUT2D eigenvalue weighted by molar-refractivity contribution is 8.27. The van der Waals surface area contributed by atoms with Crippen LogP contribution in [0.25, 0.3) is 0 Å². The molecule has 0 bridgehead atoms. The van der Waals surface area contributed by atoms with Crippen molar-refractivity contribution >= 4 is 57.2 Å². The average molecular weight is 453 g/mol. The summed E-state index contributed by atoms with van der Waals surface area (Å²) in [6.45, 7) is 4.21. The molecular formula is C22H20N4O3S2. The van der Waals surface area contributed by atoms with Crippen LogP contribution in [0.1, 0.15) is 13.8 Å². The van der Waals surface area contributed by atoms with E-state index in [1.165, 1.54) is 23.6 Å². The first kappa shape index (κ1) is 21.0. The highest BCUT2D eigenvalue weighted by Crippen LogP contribution is 2.39. The van der Waals surface area contributed by atoms with E-state index >= 15 is 0 Å². The summed E-state index contributed by atoms with van der Waals surface area (Å²) >= 11 is 6.69. The lowest BCUT2D eigenvalue weighted by Crippen LogP contribution is -2.28. The Labute approximate surface area is 189 Å². The fraction of sp³-hybridized carbons (Fsp3) is 0.136. The first-order valence-corrected chi connectivity index (χ1v) is 10.9. The second-order valence-corrected chi connectivity index (χ2v) is 8.39. The van der Waals surface area contributed by atoms with Crippen molar-refractivity contribution in [3.63, 3.8) is 0 Å². The summed E-state index contributed by atoms with van der Waals surface area (Å²) in [5.74, 6) is 1.08. The van der Waals surface area contributed by atoms with Gasteiger partial charge >= 0.3 is 0 Å². The number of thiocarbonyl (C=S) groups is 1. The molecule has 2 aliphatic heterocycles. The van der Waals surface area contributed by atoms with Crippen molar-refractivity contribution in [1.82, 2.24) is 5.43 Å². The van der Waals surface area contributed by atoms with Crippen molar-refractivity contribution < 1.29 is 14.3 Å². The summed E-state index contributed by atoms with van der Waals surface area (Å²) in [4.78, 5) is 28.1. The number of thioether (sulfide) groups is 1. The van der Waals surface area contributed by atoms with E-state index in [1.807, 2.05) is 36.1 Å². The minimum atomic E-state index is -0.198. The molecule has 2 aliphatic rings. The molecular weight excluding hydrogens is 432 g/mol. The van der Waals surface area contributed by atoms with Gasteiger partial charge in [-0.3, -0.25) is 25.3 Å². The minimum absolute atomic E-state index is 0.187. The molecule has 158 valence electrons. The third-order valence-electron chi connectivity index (χ3n) is 4.63. The van der Waals surface area contributed by atoms with Crippen LogP contribution in [-0.2, 0) is 9.59 Å². The molecule has 1 fully saturated rings. The first-order valence-electron chi connectivity index (χ1n) is 9.63. The smallest absolute Gasteiger partial charge is 0.270 e. The second-order valence-electron chi connectivity index (χ2n) is 6.71. The number of amides is 2. The van der Waals surface area contributed by atoms with Gasteiger partial charge in [-0.05, 0) is 49.4 Å². The number of rotatable bonds is 5. The number of hydrogen-bond donors (Lipinski definition) is 2. The van der Waals surface area contributed by atoms with Crippen molar-refractivity contribution in [2.45, 2.75) is 13.8 Å². The summed E-state index contributed by atoms with van der Waals surface area (Å²) in [6.07, 6.45) is 3.55. The van der Waals surface area contributed by atoms with Crippen molar-refractivity contribution in [3.8, 4) is 5.75 Å². The molecule has 4 rings (SSSR count). The number of ether oxygens (including phenoxy) is 1. The number of fused-ring (bicyclic) bond motifs is 1. The number of benzene rings is 2. The van der Waals surface area contributed by atoms with E-state index in [0.717, 1.165) is 18.0 Å². The summed E-state index contributed by atoms with van der Waals surface area (Å²) in [5.41, 5.74) is 7.65. The van der Waals surface area contributed by atoms with E-state index < -0.39 is 0 Å². The number of nitrogens with zero attached hydrogens (tertiary/aromatic N) is 2. The summed E-state index contributed by atoms with van der Waals surface area (Å²) in [7, 11) is 0. The summed E-state index contributed by atoms with van der Waals surface area (Å²) in [5, 5.41) is 0. The second kappa shape index (κ2) is 8.83. The molecule has 31 heavy (non-hydrogen) atoms. The molecule has 9 heteroatoms. The van der Waals surface area contributed by atoms with Gasteiger partial charge in [0.25, 0.3) is 5.91 Å². The molecule has 2 N–H and O–H groups in total. The molecule has 2 amide bonds. The van der Waals surface area contributed by atoms with Crippen LogP contribution in [0.2, 0.25) is 0 Å². The Kier molecular flexibility index (Phi) is 5.97. The van der Waals surface area contributed by atoms with Crippen LogP contribution in [-0.4, -0.2) is 22.7 Å². The number of anilines is 3. The lowest BCUT2D eigenvalue weighted by atomic mass is 10.2. The van der Waals surface area contributed by atoms with Crippen LogP contribution < -0.4 is 25.4 Å². The Morgan fingerprint density at radius 2 is 1.90 bits per heavy atom. The zero-order valence-electron chi connectivity index (χ0n) is 16.9. The quantitative estimate of drug-likeness (QED) is 0.401. The number of carbonyl (C=O) groups excluding carboxylic acids is 2. The Balaban J connectivity index is 1.51. The van der Waals surface area contributed by atoms with Crippen LogP contribution in [0, 0.1) is 0 Å². The third kappa shape index (κ3) is 4.28. The zero-order valence-corrected chi connectivity index (χ0v) is 18.5. The van der Waals surface area contributed by atoms with Crippen molar-refractivity contribution in [1.29, 1.82) is 0 Å². The largest absolute Gasteiger partial charge is 0.439 e. The number of hydrazine groups is 1. The molecule has 0 aromatic heterocycles. The number of carbonyl (C=O) groups is 2. The fourth-order valence-corrected chi connectivity index (χ4v) is 4.45. The zero-order chi connectivity index (χ0) is 22.0. The molecule has 7 nitrogen and oxygen atoms in total. The van der Waals surface area contributed by atoms with Gasteiger partial charge in [-0.1, -0.05) is 36.1 Å². The van der Waals surface area contributed by atoms with E-state index in [0.29, 0.717) is 26.5 Å².